The zero-order chi connectivity index (χ0) is 12.3. The lowest BCUT2D eigenvalue weighted by molar-refractivity contribution is -0.388. The first-order valence-corrected chi connectivity index (χ1v) is 5.07. The van der Waals surface area contributed by atoms with Crippen LogP contribution in [0.5, 0.6) is 0 Å². The van der Waals surface area contributed by atoms with E-state index in [1.54, 1.807) is 6.92 Å². The third-order valence-corrected chi connectivity index (χ3v) is 2.32. The molecule has 7 heteroatoms. The lowest BCUT2D eigenvalue weighted by Crippen LogP contribution is -2.06. The van der Waals surface area contributed by atoms with Crippen LogP contribution < -0.4 is 0 Å². The molecule has 0 aliphatic carbocycles. The fourth-order valence-corrected chi connectivity index (χ4v) is 1.65. The van der Waals surface area contributed by atoms with Gasteiger partial charge in [0.1, 0.15) is 0 Å². The van der Waals surface area contributed by atoms with Crippen molar-refractivity contribution in [2.75, 3.05) is 6.61 Å². The monoisotopic (exact) mass is 291 g/mol. The standard InChI is InChI=1S/C9H7BrFNO4/c1-2-16-9(13)5-3-6(10)8(12(14)15)7(11)4-5/h3-4H,2H2,1H3. The van der Waals surface area contributed by atoms with E-state index in [0.29, 0.717) is 0 Å². The lowest BCUT2D eigenvalue weighted by Gasteiger charge is -2.03. The predicted octanol–water partition coefficient (Wildman–Crippen LogP) is 2.67. The quantitative estimate of drug-likeness (QED) is 0.488. The van der Waals surface area contributed by atoms with Crippen LogP contribution in [0, 0.1) is 15.9 Å². The van der Waals surface area contributed by atoms with Crippen molar-refractivity contribution in [3.05, 3.63) is 38.1 Å². The zero-order valence-corrected chi connectivity index (χ0v) is 9.78. The highest BCUT2D eigenvalue weighted by Gasteiger charge is 2.22. The first kappa shape index (κ1) is 12.6. The van der Waals surface area contributed by atoms with Gasteiger partial charge in [0.05, 0.1) is 21.6 Å². The average Bonchev–Trinajstić information content (AvgIpc) is 2.16. The minimum atomic E-state index is -1.08. The molecule has 1 aromatic rings. The molecule has 0 radical (unpaired) electrons. The molecule has 0 aliphatic rings. The van der Waals surface area contributed by atoms with E-state index < -0.39 is 22.4 Å². The number of carbonyl (C=O) groups is 1. The smallest absolute Gasteiger partial charge is 0.338 e. The second kappa shape index (κ2) is 5.02. The van der Waals surface area contributed by atoms with Crippen molar-refractivity contribution in [3.63, 3.8) is 0 Å². The van der Waals surface area contributed by atoms with Gasteiger partial charge in [-0.05, 0) is 35.0 Å². The summed E-state index contributed by atoms with van der Waals surface area (Å²) in [7, 11) is 0. The van der Waals surface area contributed by atoms with E-state index in [1.165, 1.54) is 0 Å². The molecule has 0 aliphatic heterocycles. The normalized spacial score (nSPS) is 9.94. The number of benzene rings is 1. The Kier molecular flexibility index (Phi) is 3.94. The molecule has 0 atom stereocenters. The largest absolute Gasteiger partial charge is 0.462 e. The molecule has 0 saturated heterocycles. The molecule has 0 N–H and O–H groups in total. The van der Waals surface area contributed by atoms with Crippen LogP contribution in [-0.4, -0.2) is 17.5 Å². The first-order chi connectivity index (χ1) is 7.47. The highest BCUT2D eigenvalue weighted by molar-refractivity contribution is 9.10. The van der Waals surface area contributed by atoms with Gasteiger partial charge in [0, 0.05) is 0 Å². The number of esters is 1. The van der Waals surface area contributed by atoms with Gasteiger partial charge in [-0.1, -0.05) is 0 Å². The highest BCUT2D eigenvalue weighted by Crippen LogP contribution is 2.29. The second-order valence-corrected chi connectivity index (χ2v) is 3.62. The molecule has 86 valence electrons. The Morgan fingerprint density at radius 3 is 2.69 bits per heavy atom. The van der Waals surface area contributed by atoms with E-state index in [1.807, 2.05) is 0 Å². The summed E-state index contributed by atoms with van der Waals surface area (Å²) in [5, 5.41) is 10.5. The maximum atomic E-state index is 13.3. The Labute approximate surface area is 98.5 Å². The van der Waals surface area contributed by atoms with Crippen molar-refractivity contribution >= 4 is 27.6 Å². The lowest BCUT2D eigenvalue weighted by atomic mass is 10.2. The van der Waals surface area contributed by atoms with Gasteiger partial charge in [-0.2, -0.15) is 4.39 Å². The molecule has 5 nitrogen and oxygen atoms in total. The number of hydrogen-bond donors (Lipinski definition) is 0. The molecule has 0 amide bonds. The minimum absolute atomic E-state index is 0.0724. The molecular weight excluding hydrogens is 285 g/mol. The van der Waals surface area contributed by atoms with Gasteiger partial charge in [0.15, 0.2) is 0 Å². The van der Waals surface area contributed by atoms with Crippen LogP contribution in [0.15, 0.2) is 16.6 Å². The molecule has 0 aromatic heterocycles. The topological polar surface area (TPSA) is 69.4 Å². The maximum absolute atomic E-state index is 13.3. The van der Waals surface area contributed by atoms with Gasteiger partial charge in [-0.25, -0.2) is 4.79 Å². The molecule has 0 saturated carbocycles. The van der Waals surface area contributed by atoms with Crippen LogP contribution in [0.1, 0.15) is 17.3 Å². The fourth-order valence-electron chi connectivity index (χ4n) is 1.07. The maximum Gasteiger partial charge on any atom is 0.338 e. The summed E-state index contributed by atoms with van der Waals surface area (Å²) in [4.78, 5) is 20.9. The summed E-state index contributed by atoms with van der Waals surface area (Å²) in [6, 6.07) is 1.93. The second-order valence-electron chi connectivity index (χ2n) is 2.77. The van der Waals surface area contributed by atoms with Crippen LogP contribution >= 0.6 is 15.9 Å². The fraction of sp³-hybridized carbons (Fsp3) is 0.222. The summed E-state index contributed by atoms with van der Waals surface area (Å²) >= 11 is 2.83. The Hall–Kier alpha value is -1.50. The van der Waals surface area contributed by atoms with Crippen molar-refractivity contribution in [1.82, 2.24) is 0 Å². The Bertz CT molecular complexity index is 426. The number of halogens is 2. The third kappa shape index (κ3) is 2.54. The average molecular weight is 292 g/mol. The molecule has 0 unspecified atom stereocenters. The Morgan fingerprint density at radius 2 is 2.25 bits per heavy atom. The van der Waals surface area contributed by atoms with Crippen molar-refractivity contribution in [1.29, 1.82) is 0 Å². The summed E-state index contributed by atoms with van der Waals surface area (Å²) < 4.78 is 17.8. The summed E-state index contributed by atoms with van der Waals surface area (Å²) in [5.41, 5.74) is -0.773. The van der Waals surface area contributed by atoms with Gasteiger partial charge in [-0.3, -0.25) is 10.1 Å². The SMILES string of the molecule is CCOC(=O)c1cc(F)c([N+](=O)[O-])c(Br)c1. The van der Waals surface area contributed by atoms with Gasteiger partial charge in [0.25, 0.3) is 0 Å². The van der Waals surface area contributed by atoms with Crippen molar-refractivity contribution < 1.29 is 18.8 Å². The van der Waals surface area contributed by atoms with E-state index in [2.05, 4.69) is 20.7 Å². The number of hydrogen-bond acceptors (Lipinski definition) is 4. The molecule has 0 heterocycles. The summed E-state index contributed by atoms with van der Waals surface area (Å²) in [5.74, 6) is -1.81. The Morgan fingerprint density at radius 1 is 1.62 bits per heavy atom. The number of nitrogens with zero attached hydrogens (tertiary/aromatic N) is 1. The van der Waals surface area contributed by atoms with E-state index in [9.17, 15) is 19.3 Å². The molecule has 16 heavy (non-hydrogen) atoms. The number of nitro benzene ring substituents is 1. The first-order valence-electron chi connectivity index (χ1n) is 4.28. The van der Waals surface area contributed by atoms with Crippen LogP contribution in [0.25, 0.3) is 0 Å². The van der Waals surface area contributed by atoms with Gasteiger partial charge < -0.3 is 4.74 Å². The molecule has 0 spiro atoms. The van der Waals surface area contributed by atoms with Crippen LogP contribution in [-0.2, 0) is 4.74 Å². The number of ether oxygens (including phenoxy) is 1. The molecule has 1 rings (SSSR count). The summed E-state index contributed by atoms with van der Waals surface area (Å²) in [6.45, 7) is 1.75. The van der Waals surface area contributed by atoms with Crippen LogP contribution in [0.2, 0.25) is 0 Å². The van der Waals surface area contributed by atoms with Gasteiger partial charge in [0.2, 0.25) is 5.82 Å². The van der Waals surface area contributed by atoms with Gasteiger partial charge >= 0.3 is 11.7 Å². The highest BCUT2D eigenvalue weighted by atomic mass is 79.9. The number of rotatable bonds is 3. The third-order valence-electron chi connectivity index (χ3n) is 1.71. The van der Waals surface area contributed by atoms with Crippen molar-refractivity contribution in [2.24, 2.45) is 0 Å². The zero-order valence-electron chi connectivity index (χ0n) is 8.20. The minimum Gasteiger partial charge on any atom is -0.462 e. The van der Waals surface area contributed by atoms with E-state index in [0.717, 1.165) is 12.1 Å². The van der Waals surface area contributed by atoms with Crippen molar-refractivity contribution in [2.45, 2.75) is 6.92 Å². The molecule has 0 bridgehead atoms. The Balaban J connectivity index is 3.19. The summed E-state index contributed by atoms with van der Waals surface area (Å²) in [6.07, 6.45) is 0. The molecule has 1 aromatic carbocycles. The number of nitro groups is 1. The predicted molar refractivity (Wildman–Crippen MR) is 56.7 cm³/mol. The van der Waals surface area contributed by atoms with E-state index >= 15 is 0 Å². The van der Waals surface area contributed by atoms with Crippen LogP contribution in [0.4, 0.5) is 10.1 Å². The van der Waals surface area contributed by atoms with E-state index in [4.69, 9.17) is 0 Å². The number of carbonyl (C=O) groups excluding carboxylic acids is 1. The van der Waals surface area contributed by atoms with Crippen molar-refractivity contribution in [3.8, 4) is 0 Å². The van der Waals surface area contributed by atoms with Crippen LogP contribution in [0.3, 0.4) is 0 Å². The molecular formula is C9H7BrFNO4. The molecule has 0 fully saturated rings. The van der Waals surface area contributed by atoms with Gasteiger partial charge in [-0.15, -0.1) is 0 Å². The van der Waals surface area contributed by atoms with E-state index in [-0.39, 0.29) is 16.6 Å².